The normalized spacial score (nSPS) is 12.4. The molecule has 0 aliphatic heterocycles. The molecule has 0 bridgehead atoms. The molecule has 0 saturated carbocycles. The van der Waals surface area contributed by atoms with Gasteiger partial charge in [0.25, 0.3) is 0 Å². The Hall–Kier alpha value is -0.580. The maximum absolute atomic E-state index is 11.6. The smallest absolute Gasteiger partial charge is 0.211 e. The monoisotopic (exact) mass is 261 g/mol. The standard InChI is InChI=1S/C11H16ClNO2S/c1-9(2)13(16(3,14)15)8-10-5-4-6-11(12)7-10/h4-7,9H,8H2,1-3H3. The van der Waals surface area contributed by atoms with E-state index < -0.39 is 10.0 Å². The molecule has 0 amide bonds. The van der Waals surface area contributed by atoms with Crippen molar-refractivity contribution >= 4 is 21.6 Å². The summed E-state index contributed by atoms with van der Waals surface area (Å²) >= 11 is 5.85. The SMILES string of the molecule is CC(C)N(Cc1cccc(Cl)c1)S(C)(=O)=O. The molecule has 16 heavy (non-hydrogen) atoms. The van der Waals surface area contributed by atoms with Gasteiger partial charge in [-0.2, -0.15) is 4.31 Å². The Bertz CT molecular complexity index is 457. The van der Waals surface area contributed by atoms with Crippen LogP contribution in [0.15, 0.2) is 24.3 Å². The molecule has 0 aromatic heterocycles. The molecule has 90 valence electrons. The lowest BCUT2D eigenvalue weighted by atomic mass is 10.2. The molecule has 0 atom stereocenters. The Balaban J connectivity index is 2.93. The van der Waals surface area contributed by atoms with Crippen molar-refractivity contribution < 1.29 is 8.42 Å². The highest BCUT2D eigenvalue weighted by Gasteiger charge is 2.20. The molecule has 0 fully saturated rings. The molecule has 0 heterocycles. The second-order valence-electron chi connectivity index (χ2n) is 4.03. The number of hydrogen-bond acceptors (Lipinski definition) is 2. The van der Waals surface area contributed by atoms with Gasteiger partial charge >= 0.3 is 0 Å². The number of hydrogen-bond donors (Lipinski definition) is 0. The molecule has 1 aromatic carbocycles. The molecule has 3 nitrogen and oxygen atoms in total. The second kappa shape index (κ2) is 5.17. The molecule has 1 aromatic rings. The van der Waals surface area contributed by atoms with Crippen LogP contribution in [0.5, 0.6) is 0 Å². The lowest BCUT2D eigenvalue weighted by Crippen LogP contribution is -2.35. The van der Waals surface area contributed by atoms with Crippen LogP contribution in [0.2, 0.25) is 5.02 Å². The van der Waals surface area contributed by atoms with Gasteiger partial charge in [-0.3, -0.25) is 0 Å². The van der Waals surface area contributed by atoms with Gasteiger partial charge in [0.2, 0.25) is 10.0 Å². The van der Waals surface area contributed by atoms with Crippen LogP contribution in [0.4, 0.5) is 0 Å². The van der Waals surface area contributed by atoms with Gasteiger partial charge in [-0.05, 0) is 31.5 Å². The van der Waals surface area contributed by atoms with Crippen molar-refractivity contribution in [3.8, 4) is 0 Å². The van der Waals surface area contributed by atoms with E-state index in [0.29, 0.717) is 11.6 Å². The highest BCUT2D eigenvalue weighted by Crippen LogP contribution is 2.15. The van der Waals surface area contributed by atoms with Crippen LogP contribution in [-0.2, 0) is 16.6 Å². The average molecular weight is 262 g/mol. The molecular formula is C11H16ClNO2S. The third-order valence-electron chi connectivity index (χ3n) is 2.23. The first kappa shape index (κ1) is 13.5. The molecule has 0 radical (unpaired) electrons. The van der Waals surface area contributed by atoms with E-state index in [1.807, 2.05) is 26.0 Å². The van der Waals surface area contributed by atoms with Gasteiger partial charge in [-0.25, -0.2) is 8.42 Å². The van der Waals surface area contributed by atoms with Crippen LogP contribution >= 0.6 is 11.6 Å². The zero-order valence-corrected chi connectivity index (χ0v) is 11.2. The predicted octanol–water partition coefficient (Wildman–Crippen LogP) is 2.51. The molecule has 0 spiro atoms. The van der Waals surface area contributed by atoms with Crippen LogP contribution in [0.3, 0.4) is 0 Å². The lowest BCUT2D eigenvalue weighted by molar-refractivity contribution is 0.351. The van der Waals surface area contributed by atoms with Crippen LogP contribution in [0.1, 0.15) is 19.4 Å². The minimum absolute atomic E-state index is 0.0611. The fourth-order valence-electron chi connectivity index (χ4n) is 1.50. The van der Waals surface area contributed by atoms with E-state index in [1.54, 1.807) is 12.1 Å². The Labute approximate surface area is 102 Å². The van der Waals surface area contributed by atoms with Gasteiger partial charge in [-0.1, -0.05) is 23.7 Å². The van der Waals surface area contributed by atoms with E-state index in [2.05, 4.69) is 0 Å². The van der Waals surface area contributed by atoms with E-state index in [0.717, 1.165) is 5.56 Å². The van der Waals surface area contributed by atoms with Crippen molar-refractivity contribution in [2.45, 2.75) is 26.4 Å². The molecule has 5 heteroatoms. The molecule has 0 aliphatic carbocycles. The summed E-state index contributed by atoms with van der Waals surface area (Å²) in [6.07, 6.45) is 1.22. The summed E-state index contributed by atoms with van der Waals surface area (Å²) in [5, 5.41) is 0.620. The zero-order valence-electron chi connectivity index (χ0n) is 9.64. The number of benzene rings is 1. The van der Waals surface area contributed by atoms with Crippen molar-refractivity contribution in [1.29, 1.82) is 0 Å². The van der Waals surface area contributed by atoms with Crippen molar-refractivity contribution in [2.24, 2.45) is 0 Å². The van der Waals surface area contributed by atoms with Gasteiger partial charge in [0, 0.05) is 17.6 Å². The lowest BCUT2D eigenvalue weighted by Gasteiger charge is -2.23. The number of sulfonamides is 1. The van der Waals surface area contributed by atoms with E-state index in [9.17, 15) is 8.42 Å². The van der Waals surface area contributed by atoms with Gasteiger partial charge < -0.3 is 0 Å². The van der Waals surface area contributed by atoms with Gasteiger partial charge in [0.05, 0.1) is 6.26 Å². The van der Waals surface area contributed by atoms with Gasteiger partial charge in [-0.15, -0.1) is 0 Å². The summed E-state index contributed by atoms with van der Waals surface area (Å²) in [7, 11) is -3.18. The first-order valence-corrected chi connectivity index (χ1v) is 7.24. The molecule has 0 N–H and O–H groups in total. The maximum Gasteiger partial charge on any atom is 0.211 e. The fourth-order valence-corrected chi connectivity index (χ4v) is 2.86. The summed E-state index contributed by atoms with van der Waals surface area (Å²) in [4.78, 5) is 0. The Morgan fingerprint density at radius 2 is 2.00 bits per heavy atom. The highest BCUT2D eigenvalue weighted by atomic mass is 35.5. The highest BCUT2D eigenvalue weighted by molar-refractivity contribution is 7.88. The first-order chi connectivity index (χ1) is 7.30. The first-order valence-electron chi connectivity index (χ1n) is 5.02. The summed E-state index contributed by atoms with van der Waals surface area (Å²) in [5.74, 6) is 0. The molecule has 0 aliphatic rings. The quantitative estimate of drug-likeness (QED) is 0.835. The van der Waals surface area contributed by atoms with Crippen LogP contribution in [0.25, 0.3) is 0 Å². The third-order valence-corrected chi connectivity index (χ3v) is 3.87. The molecule has 0 unspecified atom stereocenters. The van der Waals surface area contributed by atoms with E-state index in [-0.39, 0.29) is 6.04 Å². The number of halogens is 1. The Kier molecular flexibility index (Phi) is 4.35. The minimum atomic E-state index is -3.18. The fraction of sp³-hybridized carbons (Fsp3) is 0.455. The summed E-state index contributed by atoms with van der Waals surface area (Å²) in [6, 6.07) is 7.17. The van der Waals surface area contributed by atoms with Crippen LogP contribution < -0.4 is 0 Å². The second-order valence-corrected chi connectivity index (χ2v) is 6.40. The molecule has 0 saturated heterocycles. The van der Waals surface area contributed by atoms with Crippen molar-refractivity contribution in [3.63, 3.8) is 0 Å². The topological polar surface area (TPSA) is 37.4 Å². The summed E-state index contributed by atoms with van der Waals surface area (Å²) in [5.41, 5.74) is 0.895. The number of nitrogens with zero attached hydrogens (tertiary/aromatic N) is 1. The van der Waals surface area contributed by atoms with Crippen molar-refractivity contribution in [1.82, 2.24) is 4.31 Å². The zero-order chi connectivity index (χ0) is 12.3. The van der Waals surface area contributed by atoms with E-state index in [4.69, 9.17) is 11.6 Å². The third kappa shape index (κ3) is 3.77. The average Bonchev–Trinajstić information content (AvgIpc) is 2.12. The minimum Gasteiger partial charge on any atom is -0.212 e. The van der Waals surface area contributed by atoms with Crippen molar-refractivity contribution in [3.05, 3.63) is 34.9 Å². The maximum atomic E-state index is 11.6. The molecular weight excluding hydrogens is 246 g/mol. The number of rotatable bonds is 4. The van der Waals surface area contributed by atoms with E-state index in [1.165, 1.54) is 10.6 Å². The van der Waals surface area contributed by atoms with Gasteiger partial charge in [0.1, 0.15) is 0 Å². The largest absolute Gasteiger partial charge is 0.212 e. The summed E-state index contributed by atoms with van der Waals surface area (Å²) in [6.45, 7) is 4.06. The van der Waals surface area contributed by atoms with Crippen molar-refractivity contribution in [2.75, 3.05) is 6.26 Å². The Morgan fingerprint density at radius 3 is 2.44 bits per heavy atom. The summed E-state index contributed by atoms with van der Waals surface area (Å²) < 4.78 is 24.6. The van der Waals surface area contributed by atoms with E-state index >= 15 is 0 Å². The molecule has 1 rings (SSSR count). The Morgan fingerprint density at radius 1 is 1.38 bits per heavy atom. The van der Waals surface area contributed by atoms with Crippen LogP contribution in [0, 0.1) is 0 Å². The van der Waals surface area contributed by atoms with Gasteiger partial charge in [0.15, 0.2) is 0 Å². The van der Waals surface area contributed by atoms with Crippen LogP contribution in [-0.4, -0.2) is 25.0 Å². The predicted molar refractivity (Wildman–Crippen MR) is 67.0 cm³/mol.